The average Bonchev–Trinajstić information content (AvgIpc) is 3.04. The lowest BCUT2D eigenvalue weighted by Gasteiger charge is -2.15. The number of H-pyrrole nitrogens is 1. The van der Waals surface area contributed by atoms with Crippen LogP contribution in [0.1, 0.15) is 6.42 Å². The molecule has 0 saturated carbocycles. The van der Waals surface area contributed by atoms with Crippen molar-refractivity contribution in [3.8, 4) is 11.1 Å². The summed E-state index contributed by atoms with van der Waals surface area (Å²) in [6, 6.07) is 8.33. The van der Waals surface area contributed by atoms with Crippen LogP contribution in [-0.4, -0.2) is 21.5 Å². The summed E-state index contributed by atoms with van der Waals surface area (Å²) in [6.45, 7) is 0.920. The van der Waals surface area contributed by atoms with Gasteiger partial charge in [0.1, 0.15) is 10.7 Å². The van der Waals surface area contributed by atoms with Gasteiger partial charge in [0.15, 0.2) is 5.65 Å². The molecule has 1 unspecified atom stereocenters. The van der Waals surface area contributed by atoms with E-state index in [4.69, 9.17) is 11.6 Å². The molecule has 0 aliphatic heterocycles. The lowest BCUT2D eigenvalue weighted by molar-refractivity contribution is 0.692. The lowest BCUT2D eigenvalue weighted by Crippen LogP contribution is -2.12. The molecular formula is C19H17ClN4. The Labute approximate surface area is 145 Å². The van der Waals surface area contributed by atoms with Crippen molar-refractivity contribution < 1.29 is 0 Å². The molecule has 2 heterocycles. The summed E-state index contributed by atoms with van der Waals surface area (Å²) in [5, 5.41) is 3.92. The summed E-state index contributed by atoms with van der Waals surface area (Å²) >= 11 is 5.99. The molecule has 1 aromatic carbocycles. The van der Waals surface area contributed by atoms with Crippen molar-refractivity contribution in [3.05, 3.63) is 66.1 Å². The quantitative estimate of drug-likeness (QED) is 0.718. The maximum atomic E-state index is 5.99. The number of nitrogens with zero attached hydrogens (tertiary/aromatic N) is 2. The highest BCUT2D eigenvalue weighted by Gasteiger charge is 2.10. The predicted molar refractivity (Wildman–Crippen MR) is 99.2 cm³/mol. The van der Waals surface area contributed by atoms with Crippen molar-refractivity contribution >= 4 is 28.5 Å². The Kier molecular flexibility index (Phi) is 4.05. The standard InChI is InChI=1S/C19H17ClN4/c20-17-12-23-19-18(24-17)16(11-22-19)14-7-4-8-15(9-14)21-10-13-5-2-1-3-6-13/h1-5,7-9,11-13,21H,6,10H2,(H,22,23). The minimum Gasteiger partial charge on any atom is -0.384 e. The molecule has 4 rings (SSSR count). The van der Waals surface area contributed by atoms with Crippen LogP contribution in [0.2, 0.25) is 5.15 Å². The monoisotopic (exact) mass is 336 g/mol. The summed E-state index contributed by atoms with van der Waals surface area (Å²) < 4.78 is 0. The third kappa shape index (κ3) is 3.05. The molecule has 0 spiro atoms. The zero-order valence-corrected chi connectivity index (χ0v) is 13.8. The Morgan fingerprint density at radius 2 is 2.25 bits per heavy atom. The molecule has 0 fully saturated rings. The first kappa shape index (κ1) is 15.0. The molecule has 0 bridgehead atoms. The number of aromatic amines is 1. The van der Waals surface area contributed by atoms with E-state index in [9.17, 15) is 0 Å². The van der Waals surface area contributed by atoms with E-state index in [0.29, 0.717) is 11.1 Å². The molecule has 1 atom stereocenters. The van der Waals surface area contributed by atoms with Crippen molar-refractivity contribution in [3.63, 3.8) is 0 Å². The van der Waals surface area contributed by atoms with Crippen molar-refractivity contribution in [1.82, 2.24) is 15.0 Å². The van der Waals surface area contributed by atoms with Gasteiger partial charge in [-0.3, -0.25) is 0 Å². The Hall–Kier alpha value is -2.59. The van der Waals surface area contributed by atoms with Gasteiger partial charge in [0.05, 0.1) is 6.20 Å². The Morgan fingerprint density at radius 1 is 1.29 bits per heavy atom. The number of nitrogens with one attached hydrogen (secondary N) is 2. The van der Waals surface area contributed by atoms with Crippen LogP contribution in [-0.2, 0) is 0 Å². The minimum absolute atomic E-state index is 0.398. The van der Waals surface area contributed by atoms with Crippen LogP contribution in [0.3, 0.4) is 0 Å². The van der Waals surface area contributed by atoms with Crippen molar-refractivity contribution in [1.29, 1.82) is 0 Å². The van der Waals surface area contributed by atoms with Crippen molar-refractivity contribution in [2.24, 2.45) is 5.92 Å². The number of benzene rings is 1. The molecule has 0 saturated heterocycles. The van der Waals surface area contributed by atoms with Gasteiger partial charge < -0.3 is 10.3 Å². The van der Waals surface area contributed by atoms with E-state index in [2.05, 4.69) is 62.8 Å². The summed E-state index contributed by atoms with van der Waals surface area (Å²) in [4.78, 5) is 11.8. The van der Waals surface area contributed by atoms with E-state index in [1.165, 1.54) is 0 Å². The molecule has 1 aliphatic carbocycles. The SMILES string of the molecule is Clc1cnc2[nH]cc(-c3cccc(NCC4C=CC=CC4)c3)c2n1. The molecule has 0 radical (unpaired) electrons. The maximum Gasteiger partial charge on any atom is 0.156 e. The van der Waals surface area contributed by atoms with E-state index < -0.39 is 0 Å². The Bertz CT molecular complexity index is 926. The van der Waals surface area contributed by atoms with Crippen LogP contribution >= 0.6 is 11.6 Å². The van der Waals surface area contributed by atoms with Gasteiger partial charge in [-0.25, -0.2) is 9.97 Å². The fourth-order valence-electron chi connectivity index (χ4n) is 2.92. The fourth-order valence-corrected chi connectivity index (χ4v) is 3.05. The second kappa shape index (κ2) is 6.49. The Balaban J connectivity index is 1.58. The molecule has 2 aromatic heterocycles. The van der Waals surface area contributed by atoms with Crippen LogP contribution < -0.4 is 5.32 Å². The number of halogens is 1. The molecule has 120 valence electrons. The van der Waals surface area contributed by atoms with Crippen LogP contribution in [0.4, 0.5) is 5.69 Å². The number of allylic oxidation sites excluding steroid dienone is 3. The molecule has 0 amide bonds. The predicted octanol–water partition coefficient (Wildman–Crippen LogP) is 4.82. The van der Waals surface area contributed by atoms with Gasteiger partial charge in [-0.15, -0.1) is 0 Å². The van der Waals surface area contributed by atoms with Crippen molar-refractivity contribution in [2.75, 3.05) is 11.9 Å². The average molecular weight is 337 g/mol. The molecule has 4 nitrogen and oxygen atoms in total. The highest BCUT2D eigenvalue weighted by molar-refractivity contribution is 6.29. The number of fused-ring (bicyclic) bond motifs is 1. The first-order valence-electron chi connectivity index (χ1n) is 7.97. The van der Waals surface area contributed by atoms with E-state index >= 15 is 0 Å². The minimum atomic E-state index is 0.398. The number of rotatable bonds is 4. The number of hydrogen-bond acceptors (Lipinski definition) is 3. The second-order valence-corrected chi connectivity index (χ2v) is 6.25. The third-order valence-electron chi connectivity index (χ3n) is 4.16. The molecular weight excluding hydrogens is 320 g/mol. The summed E-state index contributed by atoms with van der Waals surface area (Å²) in [6.07, 6.45) is 13.2. The van der Waals surface area contributed by atoms with Gasteiger partial charge in [-0.2, -0.15) is 0 Å². The zero-order valence-electron chi connectivity index (χ0n) is 13.0. The molecule has 24 heavy (non-hydrogen) atoms. The molecule has 3 aromatic rings. The highest BCUT2D eigenvalue weighted by atomic mass is 35.5. The first-order chi connectivity index (χ1) is 11.8. The van der Waals surface area contributed by atoms with E-state index in [0.717, 1.165) is 40.9 Å². The van der Waals surface area contributed by atoms with Crippen LogP contribution in [0.25, 0.3) is 22.3 Å². The zero-order chi connectivity index (χ0) is 16.4. The largest absolute Gasteiger partial charge is 0.384 e. The number of aromatic nitrogens is 3. The summed E-state index contributed by atoms with van der Waals surface area (Å²) in [5.74, 6) is 0.538. The van der Waals surface area contributed by atoms with Gasteiger partial charge in [0.25, 0.3) is 0 Å². The Morgan fingerprint density at radius 3 is 3.12 bits per heavy atom. The van der Waals surface area contributed by atoms with Crippen LogP contribution in [0, 0.1) is 5.92 Å². The van der Waals surface area contributed by atoms with Gasteiger partial charge >= 0.3 is 0 Å². The van der Waals surface area contributed by atoms with E-state index in [1.54, 1.807) is 6.20 Å². The second-order valence-electron chi connectivity index (χ2n) is 5.86. The number of anilines is 1. The first-order valence-corrected chi connectivity index (χ1v) is 8.34. The third-order valence-corrected chi connectivity index (χ3v) is 4.34. The van der Waals surface area contributed by atoms with Crippen LogP contribution in [0.15, 0.2) is 61.0 Å². The van der Waals surface area contributed by atoms with Gasteiger partial charge in [0.2, 0.25) is 0 Å². The maximum absolute atomic E-state index is 5.99. The van der Waals surface area contributed by atoms with Gasteiger partial charge in [-0.1, -0.05) is 48.0 Å². The molecule has 2 N–H and O–H groups in total. The lowest BCUT2D eigenvalue weighted by atomic mass is 10.0. The molecule has 1 aliphatic rings. The summed E-state index contributed by atoms with van der Waals surface area (Å²) in [5.41, 5.74) is 4.72. The van der Waals surface area contributed by atoms with Crippen molar-refractivity contribution in [2.45, 2.75) is 6.42 Å². The number of hydrogen-bond donors (Lipinski definition) is 2. The highest BCUT2D eigenvalue weighted by Crippen LogP contribution is 2.29. The van der Waals surface area contributed by atoms with Gasteiger partial charge in [-0.05, 0) is 30.0 Å². The normalized spacial score (nSPS) is 16.6. The van der Waals surface area contributed by atoms with Gasteiger partial charge in [0, 0.05) is 24.0 Å². The smallest absolute Gasteiger partial charge is 0.156 e. The van der Waals surface area contributed by atoms with E-state index in [-0.39, 0.29) is 0 Å². The topological polar surface area (TPSA) is 53.6 Å². The fraction of sp³-hybridized carbons (Fsp3) is 0.158. The van der Waals surface area contributed by atoms with E-state index in [1.807, 2.05) is 12.3 Å². The molecule has 5 heteroatoms. The summed E-state index contributed by atoms with van der Waals surface area (Å²) in [7, 11) is 0. The van der Waals surface area contributed by atoms with Crippen LogP contribution in [0.5, 0.6) is 0 Å².